The molecule has 0 amide bonds. The minimum absolute atomic E-state index is 0.101. The molecule has 3 nitrogen and oxygen atoms in total. The number of hydrogen-bond acceptors (Lipinski definition) is 3. The van der Waals surface area contributed by atoms with Gasteiger partial charge in [-0.25, -0.2) is 0 Å². The molecule has 0 bridgehead atoms. The van der Waals surface area contributed by atoms with Crippen molar-refractivity contribution in [2.45, 2.75) is 39.0 Å². The monoisotopic (exact) mass is 353 g/mol. The van der Waals surface area contributed by atoms with Crippen molar-refractivity contribution < 1.29 is 9.53 Å². The summed E-state index contributed by atoms with van der Waals surface area (Å²) >= 11 is 0. The Bertz CT molecular complexity index is 623. The molecule has 3 heteroatoms. The van der Waals surface area contributed by atoms with Gasteiger partial charge in [0.15, 0.2) is 0 Å². The zero-order valence-corrected chi connectivity index (χ0v) is 16.1. The molecule has 2 aromatic rings. The first-order valence-corrected chi connectivity index (χ1v) is 9.72. The lowest BCUT2D eigenvalue weighted by Crippen LogP contribution is -2.29. The first kappa shape index (κ1) is 20.2. The molecule has 0 fully saturated rings. The number of carbonyl (C=O) groups is 1. The summed E-state index contributed by atoms with van der Waals surface area (Å²) in [6.07, 6.45) is 2.76. The number of ether oxygens (including phenoxy) is 1. The lowest BCUT2D eigenvalue weighted by Gasteiger charge is -2.20. The fourth-order valence-electron chi connectivity index (χ4n) is 3.18. The summed E-state index contributed by atoms with van der Waals surface area (Å²) < 4.78 is 5.61. The Balaban J connectivity index is 1.91. The summed E-state index contributed by atoms with van der Waals surface area (Å²) in [5, 5.41) is 0. The van der Waals surface area contributed by atoms with Gasteiger partial charge < -0.3 is 9.64 Å². The maximum absolute atomic E-state index is 12.7. The summed E-state index contributed by atoms with van der Waals surface area (Å²) in [5.41, 5.74) is 2.36. The van der Waals surface area contributed by atoms with Gasteiger partial charge in [-0.3, -0.25) is 4.79 Å². The predicted molar refractivity (Wildman–Crippen MR) is 107 cm³/mol. The topological polar surface area (TPSA) is 29.5 Å². The van der Waals surface area contributed by atoms with Crippen LogP contribution in [0, 0.1) is 0 Å². The number of nitrogens with zero attached hydrogens (tertiary/aromatic N) is 1. The SMILES string of the molecule is CCN(CC)CCOC(=O)C(CCCc1ccccc1)c1ccccc1. The van der Waals surface area contributed by atoms with Gasteiger partial charge in [0.05, 0.1) is 5.92 Å². The standard InChI is InChI=1S/C23H31NO2/c1-3-24(4-2)18-19-26-23(25)22(21-15-9-6-10-16-21)17-11-14-20-12-7-5-8-13-20/h5-10,12-13,15-16,22H,3-4,11,14,17-19H2,1-2H3. The van der Waals surface area contributed by atoms with Crippen molar-refractivity contribution in [3.05, 3.63) is 71.8 Å². The molecular weight excluding hydrogens is 322 g/mol. The van der Waals surface area contributed by atoms with Crippen molar-refractivity contribution in [2.75, 3.05) is 26.2 Å². The minimum atomic E-state index is -0.184. The lowest BCUT2D eigenvalue weighted by atomic mass is 9.92. The molecule has 0 aliphatic carbocycles. The number of benzene rings is 2. The van der Waals surface area contributed by atoms with Crippen LogP contribution >= 0.6 is 0 Å². The summed E-state index contributed by atoms with van der Waals surface area (Å²) in [6, 6.07) is 20.4. The van der Waals surface area contributed by atoms with E-state index in [1.165, 1.54) is 5.56 Å². The summed E-state index contributed by atoms with van der Waals surface area (Å²) in [7, 11) is 0. The Labute approximate surface area is 158 Å². The van der Waals surface area contributed by atoms with Gasteiger partial charge in [0.25, 0.3) is 0 Å². The van der Waals surface area contributed by atoms with E-state index in [1.807, 2.05) is 36.4 Å². The molecule has 1 atom stereocenters. The van der Waals surface area contributed by atoms with Gasteiger partial charge in [0.1, 0.15) is 6.61 Å². The normalized spacial score (nSPS) is 12.1. The second-order valence-electron chi connectivity index (χ2n) is 6.54. The molecule has 140 valence electrons. The van der Waals surface area contributed by atoms with E-state index in [4.69, 9.17) is 4.74 Å². The number of aryl methyl sites for hydroxylation is 1. The largest absolute Gasteiger partial charge is 0.464 e. The second-order valence-corrected chi connectivity index (χ2v) is 6.54. The highest BCUT2D eigenvalue weighted by molar-refractivity contribution is 5.78. The van der Waals surface area contributed by atoms with E-state index < -0.39 is 0 Å². The van der Waals surface area contributed by atoms with Gasteiger partial charge in [-0.1, -0.05) is 74.5 Å². The van der Waals surface area contributed by atoms with Crippen LogP contribution in [0.1, 0.15) is 43.7 Å². The summed E-state index contributed by atoms with van der Waals surface area (Å²) in [4.78, 5) is 15.0. The third kappa shape index (κ3) is 6.64. The zero-order valence-electron chi connectivity index (χ0n) is 16.1. The average molecular weight is 354 g/mol. The smallest absolute Gasteiger partial charge is 0.313 e. The average Bonchev–Trinajstić information content (AvgIpc) is 2.70. The van der Waals surface area contributed by atoms with E-state index in [0.29, 0.717) is 6.61 Å². The molecule has 2 rings (SSSR count). The Morgan fingerprint density at radius 3 is 2.19 bits per heavy atom. The van der Waals surface area contributed by atoms with E-state index in [2.05, 4.69) is 43.0 Å². The maximum atomic E-state index is 12.7. The van der Waals surface area contributed by atoms with Crippen LogP contribution in [-0.2, 0) is 16.0 Å². The molecule has 0 spiro atoms. The maximum Gasteiger partial charge on any atom is 0.313 e. The lowest BCUT2D eigenvalue weighted by molar-refractivity contribution is -0.146. The van der Waals surface area contributed by atoms with Gasteiger partial charge >= 0.3 is 5.97 Å². The summed E-state index contributed by atoms with van der Waals surface area (Å²) in [5.74, 6) is -0.284. The predicted octanol–water partition coefficient (Wildman–Crippen LogP) is 4.68. The van der Waals surface area contributed by atoms with Gasteiger partial charge in [-0.2, -0.15) is 0 Å². The molecule has 0 heterocycles. The molecule has 0 saturated heterocycles. The van der Waals surface area contributed by atoms with Gasteiger partial charge in [-0.15, -0.1) is 0 Å². The number of likely N-dealkylation sites (N-methyl/N-ethyl adjacent to an activating group) is 1. The van der Waals surface area contributed by atoms with E-state index in [1.54, 1.807) is 0 Å². The summed E-state index contributed by atoms with van der Waals surface area (Å²) in [6.45, 7) is 7.47. The number of carbonyl (C=O) groups excluding carboxylic acids is 1. The molecule has 0 N–H and O–H groups in total. The van der Waals surface area contributed by atoms with Gasteiger partial charge in [0.2, 0.25) is 0 Å². The highest BCUT2D eigenvalue weighted by Gasteiger charge is 2.21. The highest BCUT2D eigenvalue weighted by atomic mass is 16.5. The van der Waals surface area contributed by atoms with Crippen LogP contribution in [-0.4, -0.2) is 37.1 Å². The molecule has 1 unspecified atom stereocenters. The first-order valence-electron chi connectivity index (χ1n) is 9.72. The van der Waals surface area contributed by atoms with Crippen molar-refractivity contribution in [1.29, 1.82) is 0 Å². The minimum Gasteiger partial charge on any atom is -0.464 e. The Morgan fingerprint density at radius 1 is 0.962 bits per heavy atom. The van der Waals surface area contributed by atoms with Crippen LogP contribution in [0.25, 0.3) is 0 Å². The highest BCUT2D eigenvalue weighted by Crippen LogP contribution is 2.24. The van der Waals surface area contributed by atoms with Crippen molar-refractivity contribution in [1.82, 2.24) is 4.90 Å². The Morgan fingerprint density at radius 2 is 1.58 bits per heavy atom. The number of hydrogen-bond donors (Lipinski definition) is 0. The van der Waals surface area contributed by atoms with Crippen molar-refractivity contribution in [3.63, 3.8) is 0 Å². The quantitative estimate of drug-likeness (QED) is 0.550. The van der Waals surface area contributed by atoms with E-state index in [9.17, 15) is 4.79 Å². The van der Waals surface area contributed by atoms with Crippen molar-refractivity contribution in [2.24, 2.45) is 0 Å². The van der Waals surface area contributed by atoms with Crippen LogP contribution in [0.4, 0.5) is 0 Å². The third-order valence-corrected chi connectivity index (χ3v) is 4.83. The second kappa shape index (κ2) is 11.5. The van der Waals surface area contributed by atoms with Gasteiger partial charge in [-0.05, 0) is 43.5 Å². The Hall–Kier alpha value is -2.13. The van der Waals surface area contributed by atoms with E-state index in [0.717, 1.165) is 44.5 Å². The van der Waals surface area contributed by atoms with Crippen molar-refractivity contribution >= 4 is 5.97 Å². The van der Waals surface area contributed by atoms with Crippen LogP contribution in [0.2, 0.25) is 0 Å². The molecule has 0 aromatic heterocycles. The molecule has 0 radical (unpaired) electrons. The van der Waals surface area contributed by atoms with Crippen LogP contribution < -0.4 is 0 Å². The molecular formula is C23H31NO2. The van der Waals surface area contributed by atoms with Crippen LogP contribution in [0.5, 0.6) is 0 Å². The molecule has 26 heavy (non-hydrogen) atoms. The number of esters is 1. The van der Waals surface area contributed by atoms with Crippen LogP contribution in [0.3, 0.4) is 0 Å². The Kier molecular flexibility index (Phi) is 8.91. The number of rotatable bonds is 11. The third-order valence-electron chi connectivity index (χ3n) is 4.83. The fraction of sp³-hybridized carbons (Fsp3) is 0.435. The van der Waals surface area contributed by atoms with Crippen molar-refractivity contribution in [3.8, 4) is 0 Å². The molecule has 0 aliphatic rings. The van der Waals surface area contributed by atoms with Gasteiger partial charge in [0, 0.05) is 6.54 Å². The zero-order chi connectivity index (χ0) is 18.6. The molecule has 2 aromatic carbocycles. The molecule has 0 saturated carbocycles. The van der Waals surface area contributed by atoms with Crippen LogP contribution in [0.15, 0.2) is 60.7 Å². The first-order chi connectivity index (χ1) is 12.7. The van der Waals surface area contributed by atoms with E-state index >= 15 is 0 Å². The van der Waals surface area contributed by atoms with E-state index in [-0.39, 0.29) is 11.9 Å². The molecule has 0 aliphatic heterocycles. The fourth-order valence-corrected chi connectivity index (χ4v) is 3.18.